The van der Waals surface area contributed by atoms with Crippen molar-refractivity contribution in [2.45, 2.75) is 31.7 Å². The van der Waals surface area contributed by atoms with Gasteiger partial charge in [-0.05, 0) is 56.3 Å². The topological polar surface area (TPSA) is 32.8 Å². The van der Waals surface area contributed by atoms with E-state index in [4.69, 9.17) is 4.74 Å². The standard InChI is InChI=1S/C19H28N2O2S/c1-23-18-8-5-7-16(13-18)19(22)21-11-6-12-24-15-17(21)14-20-9-3-2-4-10-20/h5,7-8,13,17H,2-4,6,9-12,14-15H2,1H3. The zero-order chi connectivity index (χ0) is 16.8. The van der Waals surface area contributed by atoms with Gasteiger partial charge in [-0.3, -0.25) is 4.79 Å². The molecule has 0 saturated carbocycles. The number of amides is 1. The maximum atomic E-state index is 13.1. The van der Waals surface area contributed by atoms with Crippen LogP contribution in [-0.4, -0.2) is 66.5 Å². The Hall–Kier alpha value is -1.20. The number of ether oxygens (including phenoxy) is 1. The van der Waals surface area contributed by atoms with E-state index in [9.17, 15) is 4.79 Å². The molecule has 2 saturated heterocycles. The molecular weight excluding hydrogens is 320 g/mol. The molecule has 2 heterocycles. The fourth-order valence-corrected chi connectivity index (χ4v) is 4.67. The minimum Gasteiger partial charge on any atom is -0.497 e. The highest BCUT2D eigenvalue weighted by molar-refractivity contribution is 7.99. The second kappa shape index (κ2) is 8.77. The summed E-state index contributed by atoms with van der Waals surface area (Å²) in [5, 5.41) is 0. The van der Waals surface area contributed by atoms with Gasteiger partial charge in [0.1, 0.15) is 5.75 Å². The molecule has 1 atom stereocenters. The van der Waals surface area contributed by atoms with Gasteiger partial charge in [0, 0.05) is 24.4 Å². The number of thioether (sulfide) groups is 1. The molecule has 1 aromatic carbocycles. The van der Waals surface area contributed by atoms with Crippen LogP contribution in [0.4, 0.5) is 0 Å². The summed E-state index contributed by atoms with van der Waals surface area (Å²) < 4.78 is 5.28. The van der Waals surface area contributed by atoms with Gasteiger partial charge in [-0.15, -0.1) is 0 Å². The summed E-state index contributed by atoms with van der Waals surface area (Å²) in [5.74, 6) is 3.10. The zero-order valence-electron chi connectivity index (χ0n) is 14.6. The number of carbonyl (C=O) groups is 1. The number of hydrogen-bond acceptors (Lipinski definition) is 4. The third-order valence-electron chi connectivity index (χ3n) is 4.93. The highest BCUT2D eigenvalue weighted by atomic mass is 32.2. The number of piperidine rings is 1. The molecule has 0 spiro atoms. The first-order valence-corrected chi connectivity index (χ1v) is 10.2. The predicted molar refractivity (Wildman–Crippen MR) is 100 cm³/mol. The molecule has 0 aromatic heterocycles. The van der Waals surface area contributed by atoms with Crippen molar-refractivity contribution in [2.75, 3.05) is 44.8 Å². The fraction of sp³-hybridized carbons (Fsp3) is 0.632. The van der Waals surface area contributed by atoms with Crippen LogP contribution >= 0.6 is 11.8 Å². The second-order valence-corrected chi connectivity index (χ2v) is 7.82. The van der Waals surface area contributed by atoms with Crippen molar-refractivity contribution < 1.29 is 9.53 Å². The first-order chi connectivity index (χ1) is 11.8. The number of methoxy groups -OCH3 is 1. The van der Waals surface area contributed by atoms with Gasteiger partial charge in [-0.2, -0.15) is 11.8 Å². The van der Waals surface area contributed by atoms with Crippen LogP contribution in [0, 0.1) is 0 Å². The highest BCUT2D eigenvalue weighted by Gasteiger charge is 2.28. The third kappa shape index (κ3) is 4.45. The lowest BCUT2D eigenvalue weighted by molar-refractivity contribution is 0.0645. The number of hydrogen-bond donors (Lipinski definition) is 0. The van der Waals surface area contributed by atoms with E-state index in [0.29, 0.717) is 6.04 Å². The Kier molecular flexibility index (Phi) is 6.44. The van der Waals surface area contributed by atoms with Gasteiger partial charge in [0.15, 0.2) is 0 Å². The van der Waals surface area contributed by atoms with Gasteiger partial charge in [0.25, 0.3) is 5.91 Å². The molecule has 0 aliphatic carbocycles. The van der Waals surface area contributed by atoms with Crippen molar-refractivity contribution in [3.8, 4) is 5.75 Å². The number of benzene rings is 1. The minimum atomic E-state index is 0.151. The molecule has 4 nitrogen and oxygen atoms in total. The van der Waals surface area contributed by atoms with E-state index in [1.807, 2.05) is 36.0 Å². The molecule has 24 heavy (non-hydrogen) atoms. The average Bonchev–Trinajstić information content (AvgIpc) is 2.87. The Bertz CT molecular complexity index is 546. The molecule has 1 amide bonds. The van der Waals surface area contributed by atoms with Gasteiger partial charge < -0.3 is 14.5 Å². The van der Waals surface area contributed by atoms with Crippen molar-refractivity contribution >= 4 is 17.7 Å². The second-order valence-electron chi connectivity index (χ2n) is 6.67. The monoisotopic (exact) mass is 348 g/mol. The quantitative estimate of drug-likeness (QED) is 0.837. The molecule has 132 valence electrons. The van der Waals surface area contributed by atoms with E-state index < -0.39 is 0 Å². The minimum absolute atomic E-state index is 0.151. The Labute approximate surface area is 149 Å². The third-order valence-corrected chi connectivity index (χ3v) is 6.13. The summed E-state index contributed by atoms with van der Waals surface area (Å²) in [7, 11) is 1.64. The molecule has 1 aromatic rings. The summed E-state index contributed by atoms with van der Waals surface area (Å²) >= 11 is 1.99. The van der Waals surface area contributed by atoms with Crippen LogP contribution in [0.1, 0.15) is 36.0 Å². The maximum Gasteiger partial charge on any atom is 0.254 e. The Morgan fingerprint density at radius 1 is 1.21 bits per heavy atom. The number of likely N-dealkylation sites (tertiary alicyclic amines) is 1. The molecule has 1 unspecified atom stereocenters. The van der Waals surface area contributed by atoms with Crippen LogP contribution in [0.25, 0.3) is 0 Å². The van der Waals surface area contributed by atoms with Gasteiger partial charge in [0.2, 0.25) is 0 Å². The van der Waals surface area contributed by atoms with Crippen molar-refractivity contribution in [1.29, 1.82) is 0 Å². The first-order valence-electron chi connectivity index (χ1n) is 9.03. The summed E-state index contributed by atoms with van der Waals surface area (Å²) in [6.07, 6.45) is 5.02. The van der Waals surface area contributed by atoms with Crippen LogP contribution in [-0.2, 0) is 0 Å². The molecule has 3 rings (SSSR count). The smallest absolute Gasteiger partial charge is 0.254 e. The van der Waals surface area contributed by atoms with Gasteiger partial charge >= 0.3 is 0 Å². The molecule has 0 bridgehead atoms. The molecule has 2 fully saturated rings. The molecule has 0 radical (unpaired) electrons. The van der Waals surface area contributed by atoms with Crippen LogP contribution in [0.2, 0.25) is 0 Å². The predicted octanol–water partition coefficient (Wildman–Crippen LogP) is 3.13. The van der Waals surface area contributed by atoms with Gasteiger partial charge in [-0.1, -0.05) is 12.5 Å². The van der Waals surface area contributed by atoms with Crippen LogP contribution in [0.15, 0.2) is 24.3 Å². The molecule has 2 aliphatic rings. The van der Waals surface area contributed by atoms with Crippen molar-refractivity contribution in [3.05, 3.63) is 29.8 Å². The summed E-state index contributed by atoms with van der Waals surface area (Å²) in [6, 6.07) is 7.87. The van der Waals surface area contributed by atoms with Crippen LogP contribution < -0.4 is 4.74 Å². The van der Waals surface area contributed by atoms with Crippen molar-refractivity contribution in [2.24, 2.45) is 0 Å². The fourth-order valence-electron chi connectivity index (χ4n) is 3.61. The van der Waals surface area contributed by atoms with E-state index in [2.05, 4.69) is 9.80 Å². The normalized spacial score (nSPS) is 22.9. The Balaban J connectivity index is 1.74. The SMILES string of the molecule is COc1cccc(C(=O)N2CCCSCC2CN2CCCCC2)c1. The van der Waals surface area contributed by atoms with Gasteiger partial charge in [0.05, 0.1) is 13.2 Å². The summed E-state index contributed by atoms with van der Waals surface area (Å²) in [4.78, 5) is 17.8. The number of nitrogens with zero attached hydrogens (tertiary/aromatic N) is 2. The first kappa shape index (κ1) is 17.6. The lowest BCUT2D eigenvalue weighted by atomic mass is 10.1. The lowest BCUT2D eigenvalue weighted by Gasteiger charge is -2.35. The van der Waals surface area contributed by atoms with E-state index >= 15 is 0 Å². The summed E-state index contributed by atoms with van der Waals surface area (Å²) in [5.41, 5.74) is 0.741. The molecule has 2 aliphatic heterocycles. The Morgan fingerprint density at radius 3 is 2.83 bits per heavy atom. The Morgan fingerprint density at radius 2 is 2.04 bits per heavy atom. The lowest BCUT2D eigenvalue weighted by Crippen LogP contribution is -2.49. The number of rotatable bonds is 4. The average molecular weight is 349 g/mol. The zero-order valence-corrected chi connectivity index (χ0v) is 15.4. The largest absolute Gasteiger partial charge is 0.497 e. The maximum absolute atomic E-state index is 13.1. The van der Waals surface area contributed by atoms with E-state index in [0.717, 1.165) is 42.3 Å². The molecular formula is C19H28N2O2S. The van der Waals surface area contributed by atoms with Crippen molar-refractivity contribution in [1.82, 2.24) is 9.80 Å². The van der Waals surface area contributed by atoms with E-state index in [1.54, 1.807) is 7.11 Å². The van der Waals surface area contributed by atoms with Crippen molar-refractivity contribution in [3.63, 3.8) is 0 Å². The molecule has 5 heteroatoms. The van der Waals surface area contributed by atoms with Crippen LogP contribution in [0.3, 0.4) is 0 Å². The van der Waals surface area contributed by atoms with E-state index in [1.165, 1.54) is 32.4 Å². The summed E-state index contributed by atoms with van der Waals surface area (Å²) in [6.45, 7) is 4.25. The van der Waals surface area contributed by atoms with Gasteiger partial charge in [-0.25, -0.2) is 0 Å². The highest BCUT2D eigenvalue weighted by Crippen LogP contribution is 2.22. The molecule has 0 N–H and O–H groups in total. The van der Waals surface area contributed by atoms with Crippen LogP contribution in [0.5, 0.6) is 5.75 Å². The number of carbonyl (C=O) groups excluding carboxylic acids is 1. The van der Waals surface area contributed by atoms with E-state index in [-0.39, 0.29) is 5.91 Å².